The minimum atomic E-state index is -4.03. The van der Waals surface area contributed by atoms with E-state index in [-0.39, 0.29) is 20.5 Å². The van der Waals surface area contributed by atoms with E-state index >= 15 is 0 Å². The molecule has 0 fully saturated rings. The summed E-state index contributed by atoms with van der Waals surface area (Å²) in [6, 6.07) is 2.27. The van der Waals surface area contributed by atoms with Crippen LogP contribution in [0.4, 0.5) is 0 Å². The SMILES string of the molecule is CCN(C)C(=O)c1cc(S(=O)(=O)Cl)c(Cl)cc1Cl. The molecule has 4 nitrogen and oxygen atoms in total. The predicted octanol–water partition coefficient (Wildman–Crippen LogP) is 3.01. The van der Waals surface area contributed by atoms with Gasteiger partial charge in [-0.25, -0.2) is 8.42 Å². The van der Waals surface area contributed by atoms with Crippen LogP contribution in [-0.4, -0.2) is 32.8 Å². The number of benzene rings is 1. The minimum absolute atomic E-state index is 0.0460. The van der Waals surface area contributed by atoms with E-state index in [0.29, 0.717) is 6.54 Å². The van der Waals surface area contributed by atoms with E-state index in [9.17, 15) is 13.2 Å². The molecule has 0 radical (unpaired) electrons. The Balaban J connectivity index is 3.44. The molecule has 18 heavy (non-hydrogen) atoms. The van der Waals surface area contributed by atoms with Crippen LogP contribution in [0.2, 0.25) is 10.0 Å². The Kier molecular flexibility index (Phi) is 4.89. The molecule has 0 N–H and O–H groups in total. The Morgan fingerprint density at radius 3 is 2.28 bits per heavy atom. The summed E-state index contributed by atoms with van der Waals surface area (Å²) < 4.78 is 22.6. The number of nitrogens with zero attached hydrogens (tertiary/aromatic N) is 1. The fraction of sp³-hybridized carbons (Fsp3) is 0.300. The van der Waals surface area contributed by atoms with E-state index < -0.39 is 15.0 Å². The largest absolute Gasteiger partial charge is 0.342 e. The van der Waals surface area contributed by atoms with Gasteiger partial charge in [-0.1, -0.05) is 23.2 Å². The Bertz CT molecular complexity index is 586. The molecular weight excluding hydrogens is 321 g/mol. The van der Waals surface area contributed by atoms with Gasteiger partial charge in [0.1, 0.15) is 4.90 Å². The first-order chi connectivity index (χ1) is 8.18. The number of halogens is 3. The molecule has 0 aliphatic rings. The van der Waals surface area contributed by atoms with Crippen LogP contribution in [0.5, 0.6) is 0 Å². The maximum atomic E-state index is 11.9. The van der Waals surface area contributed by atoms with E-state index in [1.54, 1.807) is 14.0 Å². The third-order valence-corrected chi connectivity index (χ3v) is 4.44. The van der Waals surface area contributed by atoms with E-state index in [2.05, 4.69) is 0 Å². The van der Waals surface area contributed by atoms with Crippen LogP contribution in [0.25, 0.3) is 0 Å². The molecule has 0 aromatic heterocycles. The number of hydrogen-bond donors (Lipinski definition) is 0. The molecule has 0 bridgehead atoms. The highest BCUT2D eigenvalue weighted by Crippen LogP contribution is 2.31. The number of rotatable bonds is 3. The highest BCUT2D eigenvalue weighted by Gasteiger charge is 2.22. The Hall–Kier alpha value is -0.490. The first-order valence-corrected chi connectivity index (χ1v) is 7.94. The monoisotopic (exact) mass is 329 g/mol. The van der Waals surface area contributed by atoms with Crippen molar-refractivity contribution in [3.63, 3.8) is 0 Å². The molecule has 1 aromatic rings. The van der Waals surface area contributed by atoms with Crippen molar-refractivity contribution in [2.24, 2.45) is 0 Å². The molecule has 0 aliphatic heterocycles. The minimum Gasteiger partial charge on any atom is -0.342 e. The second kappa shape index (κ2) is 5.65. The Morgan fingerprint density at radius 1 is 1.28 bits per heavy atom. The zero-order valence-electron chi connectivity index (χ0n) is 9.58. The van der Waals surface area contributed by atoms with Crippen LogP contribution in [0.15, 0.2) is 17.0 Å². The maximum absolute atomic E-state index is 11.9. The lowest BCUT2D eigenvalue weighted by Crippen LogP contribution is -2.26. The zero-order chi connectivity index (χ0) is 14.1. The van der Waals surface area contributed by atoms with Gasteiger partial charge in [0.2, 0.25) is 0 Å². The van der Waals surface area contributed by atoms with Crippen LogP contribution >= 0.6 is 33.9 Å². The molecule has 0 saturated heterocycles. The van der Waals surface area contributed by atoms with Gasteiger partial charge in [0, 0.05) is 24.3 Å². The van der Waals surface area contributed by atoms with Crippen molar-refractivity contribution in [1.29, 1.82) is 0 Å². The third-order valence-electron chi connectivity index (χ3n) is 2.34. The van der Waals surface area contributed by atoms with Crippen molar-refractivity contribution in [3.05, 3.63) is 27.7 Å². The lowest BCUT2D eigenvalue weighted by Gasteiger charge is -2.16. The predicted molar refractivity (Wildman–Crippen MR) is 72.1 cm³/mol. The first-order valence-electron chi connectivity index (χ1n) is 4.87. The topological polar surface area (TPSA) is 54.5 Å². The van der Waals surface area contributed by atoms with Gasteiger partial charge in [-0.3, -0.25) is 4.79 Å². The van der Waals surface area contributed by atoms with Gasteiger partial charge in [0.25, 0.3) is 15.0 Å². The normalized spacial score (nSPS) is 11.4. The highest BCUT2D eigenvalue weighted by molar-refractivity contribution is 8.13. The molecule has 0 aliphatic carbocycles. The molecule has 1 amide bonds. The average molecular weight is 331 g/mol. The first kappa shape index (κ1) is 15.6. The van der Waals surface area contributed by atoms with E-state index in [0.717, 1.165) is 6.07 Å². The third kappa shape index (κ3) is 3.29. The van der Waals surface area contributed by atoms with Crippen molar-refractivity contribution in [3.8, 4) is 0 Å². The smallest absolute Gasteiger partial charge is 0.262 e. The van der Waals surface area contributed by atoms with E-state index in [1.165, 1.54) is 11.0 Å². The van der Waals surface area contributed by atoms with Crippen molar-refractivity contribution in [2.45, 2.75) is 11.8 Å². The van der Waals surface area contributed by atoms with Crippen LogP contribution in [0.3, 0.4) is 0 Å². The van der Waals surface area contributed by atoms with Gasteiger partial charge in [-0.2, -0.15) is 0 Å². The van der Waals surface area contributed by atoms with Crippen molar-refractivity contribution in [1.82, 2.24) is 4.90 Å². The van der Waals surface area contributed by atoms with E-state index in [4.69, 9.17) is 33.9 Å². The van der Waals surface area contributed by atoms with Gasteiger partial charge in [0.15, 0.2) is 0 Å². The Labute approximate surface area is 120 Å². The second-order valence-corrected chi connectivity index (χ2v) is 6.87. The standard InChI is InChI=1S/C10H10Cl3NO3S/c1-3-14(2)10(15)6-4-9(18(13,16)17)8(12)5-7(6)11/h4-5H,3H2,1-2H3. The summed E-state index contributed by atoms with van der Waals surface area (Å²) in [5.41, 5.74) is 0.0460. The molecule has 8 heteroatoms. The van der Waals surface area contributed by atoms with Crippen molar-refractivity contribution in [2.75, 3.05) is 13.6 Å². The van der Waals surface area contributed by atoms with Gasteiger partial charge < -0.3 is 4.90 Å². The highest BCUT2D eigenvalue weighted by atomic mass is 35.7. The van der Waals surface area contributed by atoms with Gasteiger partial charge in [-0.15, -0.1) is 0 Å². The summed E-state index contributed by atoms with van der Waals surface area (Å²) in [6.07, 6.45) is 0. The van der Waals surface area contributed by atoms with Crippen molar-refractivity contribution >= 4 is 48.8 Å². The number of carbonyl (C=O) groups excluding carboxylic acids is 1. The summed E-state index contributed by atoms with van der Waals surface area (Å²) in [5.74, 6) is -0.402. The Morgan fingerprint density at radius 2 is 1.83 bits per heavy atom. The summed E-state index contributed by atoms with van der Waals surface area (Å²) >= 11 is 11.6. The lowest BCUT2D eigenvalue weighted by molar-refractivity contribution is 0.0802. The van der Waals surface area contributed by atoms with Gasteiger partial charge in [-0.05, 0) is 19.1 Å². The van der Waals surface area contributed by atoms with Gasteiger partial charge in [0.05, 0.1) is 15.6 Å². The second-order valence-electron chi connectivity index (χ2n) is 3.52. The van der Waals surface area contributed by atoms with Crippen LogP contribution in [0.1, 0.15) is 17.3 Å². The zero-order valence-corrected chi connectivity index (χ0v) is 12.7. The van der Waals surface area contributed by atoms with Crippen LogP contribution in [0, 0.1) is 0 Å². The average Bonchev–Trinajstić information content (AvgIpc) is 2.25. The number of hydrogen-bond acceptors (Lipinski definition) is 3. The summed E-state index contributed by atoms with van der Waals surface area (Å²) in [5, 5.41) is -0.0416. The maximum Gasteiger partial charge on any atom is 0.262 e. The molecule has 1 rings (SSSR count). The van der Waals surface area contributed by atoms with Crippen molar-refractivity contribution < 1.29 is 13.2 Å². The summed E-state index contributed by atoms with van der Waals surface area (Å²) in [7, 11) is 2.77. The molecule has 0 unspecified atom stereocenters. The number of amides is 1. The molecule has 0 spiro atoms. The fourth-order valence-corrected chi connectivity index (χ4v) is 3.05. The molecular formula is C10H10Cl3NO3S. The molecule has 0 atom stereocenters. The quantitative estimate of drug-likeness (QED) is 0.801. The molecule has 0 heterocycles. The number of carbonyl (C=O) groups is 1. The van der Waals surface area contributed by atoms with E-state index in [1.807, 2.05) is 0 Å². The molecule has 1 aromatic carbocycles. The molecule has 0 saturated carbocycles. The summed E-state index contributed by atoms with van der Waals surface area (Å²) in [6.45, 7) is 2.24. The van der Waals surface area contributed by atoms with Crippen LogP contribution < -0.4 is 0 Å². The molecule has 100 valence electrons. The lowest BCUT2D eigenvalue weighted by atomic mass is 10.2. The van der Waals surface area contributed by atoms with Gasteiger partial charge >= 0.3 is 0 Å². The van der Waals surface area contributed by atoms with Crippen LogP contribution in [-0.2, 0) is 9.05 Å². The summed E-state index contributed by atoms with van der Waals surface area (Å²) in [4.78, 5) is 13.0. The fourth-order valence-electron chi connectivity index (χ4n) is 1.23.